The highest BCUT2D eigenvalue weighted by Gasteiger charge is 2.13. The van der Waals surface area contributed by atoms with Crippen molar-refractivity contribution >= 4 is 34.8 Å². The molecule has 28 heavy (non-hydrogen) atoms. The van der Waals surface area contributed by atoms with E-state index in [1.807, 2.05) is 19.9 Å². The molecule has 0 saturated carbocycles. The second-order valence-electron chi connectivity index (χ2n) is 5.88. The van der Waals surface area contributed by atoms with Crippen LogP contribution in [0, 0.1) is 24.0 Å². The lowest BCUT2D eigenvalue weighted by atomic mass is 10.1. The molecule has 0 atom stereocenters. The molecule has 10 heteroatoms. The van der Waals surface area contributed by atoms with Crippen LogP contribution in [0.4, 0.5) is 5.69 Å². The van der Waals surface area contributed by atoms with Crippen molar-refractivity contribution in [2.45, 2.75) is 13.8 Å². The summed E-state index contributed by atoms with van der Waals surface area (Å²) in [4.78, 5) is 34.0. The van der Waals surface area contributed by atoms with Gasteiger partial charge < -0.3 is 4.74 Å². The van der Waals surface area contributed by atoms with Crippen LogP contribution in [-0.4, -0.2) is 28.5 Å². The fourth-order valence-corrected chi connectivity index (χ4v) is 2.44. The Morgan fingerprint density at radius 3 is 2.43 bits per heavy atom. The second kappa shape index (κ2) is 9.42. The van der Waals surface area contributed by atoms with Crippen molar-refractivity contribution in [2.24, 2.45) is 0 Å². The highest BCUT2D eigenvalue weighted by molar-refractivity contribution is 7.80. The fraction of sp³-hybridized carbons (Fsp3) is 0.167. The first kappa shape index (κ1) is 20.8. The van der Waals surface area contributed by atoms with E-state index >= 15 is 0 Å². The number of ether oxygens (including phenoxy) is 1. The van der Waals surface area contributed by atoms with Crippen molar-refractivity contribution in [3.63, 3.8) is 0 Å². The average Bonchev–Trinajstić information content (AvgIpc) is 2.64. The lowest BCUT2D eigenvalue weighted by molar-refractivity contribution is -0.384. The molecule has 0 bridgehead atoms. The van der Waals surface area contributed by atoms with Gasteiger partial charge in [0.2, 0.25) is 0 Å². The lowest BCUT2D eigenvalue weighted by Gasteiger charge is -2.12. The minimum Gasteiger partial charge on any atom is -0.484 e. The molecule has 0 aliphatic heterocycles. The number of hydrazine groups is 1. The van der Waals surface area contributed by atoms with Gasteiger partial charge >= 0.3 is 0 Å². The van der Waals surface area contributed by atoms with Gasteiger partial charge in [0.25, 0.3) is 17.5 Å². The normalized spacial score (nSPS) is 9.93. The summed E-state index contributed by atoms with van der Waals surface area (Å²) in [6, 6.07) is 10.8. The Balaban J connectivity index is 1.79. The number of carbonyl (C=O) groups excluding carboxylic acids is 2. The molecule has 0 heterocycles. The minimum absolute atomic E-state index is 0.0582. The van der Waals surface area contributed by atoms with Crippen LogP contribution in [0.5, 0.6) is 5.75 Å². The van der Waals surface area contributed by atoms with Gasteiger partial charge in [-0.15, -0.1) is 0 Å². The van der Waals surface area contributed by atoms with Gasteiger partial charge in [0.05, 0.1) is 4.92 Å². The summed E-state index contributed by atoms with van der Waals surface area (Å²) in [7, 11) is 0. The van der Waals surface area contributed by atoms with Crippen molar-refractivity contribution in [1.29, 1.82) is 0 Å². The van der Waals surface area contributed by atoms with E-state index in [-0.39, 0.29) is 23.0 Å². The first-order valence-corrected chi connectivity index (χ1v) is 8.51. The summed E-state index contributed by atoms with van der Waals surface area (Å²) in [6.07, 6.45) is 0. The van der Waals surface area contributed by atoms with Gasteiger partial charge in [-0.2, -0.15) is 0 Å². The monoisotopic (exact) mass is 402 g/mol. The maximum atomic E-state index is 12.1. The molecule has 2 aromatic rings. The zero-order valence-corrected chi connectivity index (χ0v) is 16.0. The number of rotatable bonds is 5. The van der Waals surface area contributed by atoms with Crippen molar-refractivity contribution in [2.75, 3.05) is 6.61 Å². The number of nitrogens with one attached hydrogen (secondary N) is 3. The number of aryl methyl sites for hydroxylation is 2. The van der Waals surface area contributed by atoms with E-state index in [9.17, 15) is 19.7 Å². The summed E-state index contributed by atoms with van der Waals surface area (Å²) in [6.45, 7) is 3.59. The molecule has 0 aliphatic carbocycles. The van der Waals surface area contributed by atoms with Crippen molar-refractivity contribution in [1.82, 2.24) is 16.2 Å². The Bertz CT molecular complexity index is 912. The lowest BCUT2D eigenvalue weighted by Crippen LogP contribution is -2.49. The van der Waals surface area contributed by atoms with Gasteiger partial charge in [-0.1, -0.05) is 12.1 Å². The van der Waals surface area contributed by atoms with E-state index in [0.717, 1.165) is 17.2 Å². The van der Waals surface area contributed by atoms with Gasteiger partial charge in [0, 0.05) is 17.7 Å². The number of benzene rings is 2. The molecule has 9 nitrogen and oxygen atoms in total. The third-order valence-corrected chi connectivity index (χ3v) is 3.63. The van der Waals surface area contributed by atoms with Crippen LogP contribution in [0.25, 0.3) is 0 Å². The number of amides is 2. The molecule has 2 rings (SSSR count). The minimum atomic E-state index is -0.651. The molecule has 0 aromatic heterocycles. The van der Waals surface area contributed by atoms with Crippen LogP contribution in [0.2, 0.25) is 0 Å². The van der Waals surface area contributed by atoms with Crippen LogP contribution < -0.4 is 20.9 Å². The quantitative estimate of drug-likeness (QED) is 0.397. The molecule has 0 fully saturated rings. The van der Waals surface area contributed by atoms with E-state index < -0.39 is 16.7 Å². The van der Waals surface area contributed by atoms with E-state index in [1.54, 1.807) is 12.1 Å². The third kappa shape index (κ3) is 6.32. The van der Waals surface area contributed by atoms with Crippen molar-refractivity contribution in [3.05, 3.63) is 69.3 Å². The predicted molar refractivity (Wildman–Crippen MR) is 106 cm³/mol. The molecular weight excluding hydrogens is 384 g/mol. The summed E-state index contributed by atoms with van der Waals surface area (Å²) in [5.41, 5.74) is 6.52. The van der Waals surface area contributed by atoms with Crippen LogP contribution >= 0.6 is 12.2 Å². The number of nitrogens with zero attached hydrogens (tertiary/aromatic N) is 1. The summed E-state index contributed by atoms with van der Waals surface area (Å²) in [5.74, 6) is -0.595. The zero-order valence-electron chi connectivity index (χ0n) is 15.1. The molecule has 0 saturated heterocycles. The van der Waals surface area contributed by atoms with Crippen LogP contribution in [-0.2, 0) is 4.79 Å². The van der Waals surface area contributed by atoms with E-state index in [0.29, 0.717) is 5.75 Å². The van der Waals surface area contributed by atoms with Gasteiger partial charge in [-0.05, 0) is 55.4 Å². The summed E-state index contributed by atoms with van der Waals surface area (Å²) < 4.78 is 5.40. The molecule has 2 aromatic carbocycles. The first-order valence-electron chi connectivity index (χ1n) is 8.10. The van der Waals surface area contributed by atoms with Crippen molar-refractivity contribution < 1.29 is 19.2 Å². The van der Waals surface area contributed by atoms with Crippen molar-refractivity contribution in [3.8, 4) is 5.75 Å². The number of hydrogen-bond donors (Lipinski definition) is 3. The van der Waals surface area contributed by atoms with E-state index in [4.69, 9.17) is 17.0 Å². The van der Waals surface area contributed by atoms with Gasteiger partial charge in [0.15, 0.2) is 11.7 Å². The molecule has 3 N–H and O–H groups in total. The largest absolute Gasteiger partial charge is 0.484 e. The Morgan fingerprint density at radius 1 is 1.11 bits per heavy atom. The number of thiocarbonyl (C=S) groups is 1. The fourth-order valence-electron chi connectivity index (χ4n) is 2.29. The number of nitro groups is 1. The highest BCUT2D eigenvalue weighted by atomic mass is 32.1. The number of non-ortho nitro benzene ring substituents is 1. The van der Waals surface area contributed by atoms with Gasteiger partial charge in [-0.25, -0.2) is 0 Å². The predicted octanol–water partition coefficient (Wildman–Crippen LogP) is 1.93. The summed E-state index contributed by atoms with van der Waals surface area (Å²) >= 11 is 4.91. The Kier molecular flexibility index (Phi) is 6.99. The van der Waals surface area contributed by atoms with Crippen LogP contribution in [0.1, 0.15) is 21.5 Å². The topological polar surface area (TPSA) is 123 Å². The van der Waals surface area contributed by atoms with Gasteiger partial charge in [0.1, 0.15) is 5.75 Å². The van der Waals surface area contributed by atoms with E-state index in [2.05, 4.69) is 16.2 Å². The molecule has 0 radical (unpaired) electrons. The maximum Gasteiger partial charge on any atom is 0.276 e. The Labute approximate surface area is 166 Å². The van der Waals surface area contributed by atoms with Crippen LogP contribution in [0.3, 0.4) is 0 Å². The molecule has 2 amide bonds. The van der Waals surface area contributed by atoms with Crippen LogP contribution in [0.15, 0.2) is 42.5 Å². The molecule has 0 aliphatic rings. The maximum absolute atomic E-state index is 12.1. The smallest absolute Gasteiger partial charge is 0.276 e. The summed E-state index contributed by atoms with van der Waals surface area (Å²) in [5, 5.41) is 12.9. The average molecular weight is 402 g/mol. The van der Waals surface area contributed by atoms with Gasteiger partial charge in [-0.3, -0.25) is 35.9 Å². The Hall–Kier alpha value is -3.53. The standard InChI is InChI=1S/C18H18N4O5S/c1-11-6-12(2)8-15(7-11)27-10-16(23)20-21-18(28)19-17(24)13-4-3-5-14(9-13)22(25)26/h3-9H,10H2,1-2H3,(H,20,23)(H2,19,21,24,28). The van der Waals surface area contributed by atoms with E-state index in [1.165, 1.54) is 18.2 Å². The SMILES string of the molecule is Cc1cc(C)cc(OCC(=O)NNC(=S)NC(=O)c2cccc([N+](=O)[O-])c2)c1. The number of hydrogen-bond acceptors (Lipinski definition) is 6. The molecule has 0 spiro atoms. The molecule has 0 unspecified atom stereocenters. The number of nitro benzene ring substituents is 1. The molecular formula is C18H18N4O5S. The molecule has 146 valence electrons. The zero-order chi connectivity index (χ0) is 20.7. The second-order valence-corrected chi connectivity index (χ2v) is 6.28. The Morgan fingerprint density at radius 2 is 1.79 bits per heavy atom. The third-order valence-electron chi connectivity index (χ3n) is 3.43. The first-order chi connectivity index (χ1) is 13.2. The highest BCUT2D eigenvalue weighted by Crippen LogP contribution is 2.16. The number of carbonyl (C=O) groups is 2.